The van der Waals surface area contributed by atoms with Crippen molar-refractivity contribution in [1.29, 1.82) is 0 Å². The summed E-state index contributed by atoms with van der Waals surface area (Å²) < 4.78 is 16.2. The molecule has 0 unspecified atom stereocenters. The highest BCUT2D eigenvalue weighted by Crippen LogP contribution is 2.36. The van der Waals surface area contributed by atoms with Crippen LogP contribution in [0.3, 0.4) is 0 Å². The zero-order chi connectivity index (χ0) is 21.6. The Bertz CT molecular complexity index is 744. The Morgan fingerprint density at radius 3 is 2.72 bits per heavy atom. The topological polar surface area (TPSA) is 96.0 Å². The predicted octanol–water partition coefficient (Wildman–Crippen LogP) is 2.84. The summed E-state index contributed by atoms with van der Waals surface area (Å²) in [5.41, 5.74) is 1.44. The van der Waals surface area contributed by atoms with Crippen LogP contribution in [0.4, 0.5) is 0 Å². The first-order valence-corrected chi connectivity index (χ1v) is 9.77. The highest BCUT2D eigenvalue weighted by molar-refractivity contribution is 5.91. The number of fused-ring (bicyclic) bond motifs is 1. The van der Waals surface area contributed by atoms with Gasteiger partial charge in [0.1, 0.15) is 25.1 Å². The third-order valence-electron chi connectivity index (χ3n) is 4.84. The second kappa shape index (κ2) is 10.2. The van der Waals surface area contributed by atoms with Crippen molar-refractivity contribution >= 4 is 24.2 Å². The van der Waals surface area contributed by atoms with Crippen molar-refractivity contribution in [2.24, 2.45) is 11.8 Å². The van der Waals surface area contributed by atoms with Crippen LogP contribution in [0.1, 0.15) is 46.5 Å². The van der Waals surface area contributed by atoms with E-state index in [1.165, 1.54) is 6.92 Å². The molecule has 0 amide bonds. The molecule has 0 saturated carbocycles. The lowest BCUT2D eigenvalue weighted by Crippen LogP contribution is -2.34. The van der Waals surface area contributed by atoms with Crippen molar-refractivity contribution in [2.45, 2.75) is 58.7 Å². The molecule has 0 aromatic carbocycles. The molecular formula is C22H28O7. The highest BCUT2D eigenvalue weighted by Gasteiger charge is 2.44. The molecule has 0 spiro atoms. The standard InChI is InChI=1S/C22H28O7/c1-13(2)8-20(25)28-18-9-16(11-23)6-5-7-17(12-27-15(4)24)10-19-21(18)14(3)22(26)29-19/h6,10-11,13,18-19,21H,3,5,7-9,12H2,1-2,4H3/b16-6?,17-10-/t18-,19-,21+/m1/s1. The minimum absolute atomic E-state index is 0.0602. The number of allylic oxidation sites excluding steroid dienone is 1. The Labute approximate surface area is 170 Å². The van der Waals surface area contributed by atoms with Crippen molar-refractivity contribution in [1.82, 2.24) is 0 Å². The first kappa shape index (κ1) is 22.6. The van der Waals surface area contributed by atoms with E-state index in [-0.39, 0.29) is 30.9 Å². The van der Waals surface area contributed by atoms with E-state index in [2.05, 4.69) is 6.58 Å². The Morgan fingerprint density at radius 1 is 1.38 bits per heavy atom. The van der Waals surface area contributed by atoms with Crippen molar-refractivity contribution in [3.05, 3.63) is 35.5 Å². The fraction of sp³-hybridized carbons (Fsp3) is 0.545. The number of rotatable bonds is 6. The van der Waals surface area contributed by atoms with Crippen molar-refractivity contribution in [3.63, 3.8) is 0 Å². The van der Waals surface area contributed by atoms with Gasteiger partial charge in [-0.1, -0.05) is 26.5 Å². The van der Waals surface area contributed by atoms with Crippen LogP contribution in [-0.2, 0) is 33.4 Å². The summed E-state index contributed by atoms with van der Waals surface area (Å²) in [5.74, 6) is -1.89. The Morgan fingerprint density at radius 2 is 2.10 bits per heavy atom. The van der Waals surface area contributed by atoms with E-state index in [0.717, 1.165) is 11.9 Å². The Kier molecular flexibility index (Phi) is 7.93. The number of hydrogen-bond donors (Lipinski definition) is 0. The summed E-state index contributed by atoms with van der Waals surface area (Å²) in [7, 11) is 0. The third-order valence-corrected chi connectivity index (χ3v) is 4.84. The summed E-state index contributed by atoms with van der Waals surface area (Å²) >= 11 is 0. The van der Waals surface area contributed by atoms with Crippen LogP contribution in [-0.4, -0.2) is 43.0 Å². The summed E-state index contributed by atoms with van der Waals surface area (Å²) in [5, 5.41) is 0. The van der Waals surface area contributed by atoms with Gasteiger partial charge in [-0.05, 0) is 36.0 Å². The van der Waals surface area contributed by atoms with E-state index < -0.39 is 36.0 Å². The van der Waals surface area contributed by atoms with E-state index in [0.29, 0.717) is 18.4 Å². The van der Waals surface area contributed by atoms with E-state index in [4.69, 9.17) is 14.2 Å². The van der Waals surface area contributed by atoms with Gasteiger partial charge in [-0.25, -0.2) is 4.79 Å². The molecule has 7 heteroatoms. The minimum atomic E-state index is -0.758. The van der Waals surface area contributed by atoms with Gasteiger partial charge < -0.3 is 14.2 Å². The molecule has 1 aliphatic carbocycles. The summed E-state index contributed by atoms with van der Waals surface area (Å²) in [6.45, 7) is 9.01. The smallest absolute Gasteiger partial charge is 0.334 e. The van der Waals surface area contributed by atoms with Crippen LogP contribution >= 0.6 is 0 Å². The molecule has 1 aliphatic heterocycles. The van der Waals surface area contributed by atoms with E-state index >= 15 is 0 Å². The van der Waals surface area contributed by atoms with Gasteiger partial charge in [0.05, 0.1) is 5.92 Å². The lowest BCUT2D eigenvalue weighted by Gasteiger charge is -2.27. The van der Waals surface area contributed by atoms with Crippen LogP contribution in [0.15, 0.2) is 35.5 Å². The van der Waals surface area contributed by atoms with Gasteiger partial charge in [0.25, 0.3) is 0 Å². The number of hydrogen-bond acceptors (Lipinski definition) is 7. The molecule has 0 aromatic rings. The average Bonchev–Trinajstić information content (AvgIpc) is 2.90. The molecule has 1 fully saturated rings. The molecule has 3 atom stereocenters. The van der Waals surface area contributed by atoms with Gasteiger partial charge in [0.2, 0.25) is 0 Å². The SMILES string of the molecule is C=C1C(=O)O[C@@H]2/C=C(\COC(C)=O)CCC=C(C=O)C[C@@H](OC(=O)CC(C)C)[C@H]12. The second-order valence-electron chi connectivity index (χ2n) is 7.79. The Hall–Kier alpha value is -2.70. The molecule has 2 aliphatic rings. The third kappa shape index (κ3) is 6.41. The molecule has 158 valence electrons. The lowest BCUT2D eigenvalue weighted by molar-refractivity contribution is -0.153. The van der Waals surface area contributed by atoms with E-state index in [1.807, 2.05) is 13.8 Å². The van der Waals surface area contributed by atoms with Crippen molar-refractivity contribution in [2.75, 3.05) is 6.61 Å². The highest BCUT2D eigenvalue weighted by atomic mass is 16.6. The number of ether oxygens (including phenoxy) is 3. The van der Waals surface area contributed by atoms with Crippen LogP contribution < -0.4 is 0 Å². The maximum atomic E-state index is 12.3. The fourth-order valence-corrected chi connectivity index (χ4v) is 3.46. The van der Waals surface area contributed by atoms with Gasteiger partial charge >= 0.3 is 17.9 Å². The van der Waals surface area contributed by atoms with Gasteiger partial charge in [0.15, 0.2) is 0 Å². The van der Waals surface area contributed by atoms with Crippen molar-refractivity contribution in [3.8, 4) is 0 Å². The molecule has 1 saturated heterocycles. The fourth-order valence-electron chi connectivity index (χ4n) is 3.46. The molecular weight excluding hydrogens is 376 g/mol. The number of esters is 3. The van der Waals surface area contributed by atoms with Gasteiger partial charge in [0, 0.05) is 25.3 Å². The average molecular weight is 404 g/mol. The van der Waals surface area contributed by atoms with Crippen LogP contribution in [0.5, 0.6) is 0 Å². The number of carbonyl (C=O) groups is 4. The van der Waals surface area contributed by atoms with Crippen LogP contribution in [0.25, 0.3) is 0 Å². The zero-order valence-electron chi connectivity index (χ0n) is 17.1. The summed E-state index contributed by atoms with van der Waals surface area (Å²) in [6, 6.07) is 0. The van der Waals surface area contributed by atoms with E-state index in [1.54, 1.807) is 12.2 Å². The first-order chi connectivity index (χ1) is 13.7. The van der Waals surface area contributed by atoms with Crippen LogP contribution in [0, 0.1) is 11.8 Å². The van der Waals surface area contributed by atoms with Gasteiger partial charge in [-0.15, -0.1) is 0 Å². The van der Waals surface area contributed by atoms with Crippen molar-refractivity contribution < 1.29 is 33.4 Å². The summed E-state index contributed by atoms with van der Waals surface area (Å²) in [4.78, 5) is 47.3. The molecule has 7 nitrogen and oxygen atoms in total. The van der Waals surface area contributed by atoms with Crippen LogP contribution in [0.2, 0.25) is 0 Å². The molecule has 0 bridgehead atoms. The quantitative estimate of drug-likeness (QED) is 0.221. The first-order valence-electron chi connectivity index (χ1n) is 9.77. The monoisotopic (exact) mass is 404 g/mol. The van der Waals surface area contributed by atoms with E-state index in [9.17, 15) is 19.2 Å². The summed E-state index contributed by atoms with van der Waals surface area (Å²) in [6.07, 6.45) is 4.27. The second-order valence-corrected chi connectivity index (χ2v) is 7.79. The maximum absolute atomic E-state index is 12.3. The lowest BCUT2D eigenvalue weighted by atomic mass is 9.85. The maximum Gasteiger partial charge on any atom is 0.334 e. The largest absolute Gasteiger partial charge is 0.461 e. The zero-order valence-corrected chi connectivity index (χ0v) is 17.1. The Balaban J connectivity index is 2.38. The molecule has 29 heavy (non-hydrogen) atoms. The minimum Gasteiger partial charge on any atom is -0.461 e. The number of aldehydes is 1. The van der Waals surface area contributed by atoms with Gasteiger partial charge in [-0.2, -0.15) is 0 Å². The molecule has 0 N–H and O–H groups in total. The molecule has 1 heterocycles. The molecule has 0 radical (unpaired) electrons. The number of carbonyl (C=O) groups excluding carboxylic acids is 4. The normalized spacial score (nSPS) is 26.6. The molecule has 2 rings (SSSR count). The predicted molar refractivity (Wildman–Crippen MR) is 105 cm³/mol. The molecule has 0 aromatic heterocycles. The van der Waals surface area contributed by atoms with Gasteiger partial charge in [-0.3, -0.25) is 14.4 Å².